The van der Waals surface area contributed by atoms with E-state index >= 15 is 0 Å². The number of nitrogens with zero attached hydrogens (tertiary/aromatic N) is 3. The molecule has 8 nitrogen and oxygen atoms in total. The lowest BCUT2D eigenvalue weighted by atomic mass is 9.77. The fourth-order valence-corrected chi connectivity index (χ4v) is 7.99. The maximum absolute atomic E-state index is 13.8. The molecular weight excluding hydrogens is 521 g/mol. The molecule has 2 spiro atoms. The highest BCUT2D eigenvalue weighted by Crippen LogP contribution is 2.57. The molecule has 2 aromatic rings. The van der Waals surface area contributed by atoms with Crippen LogP contribution in [0.2, 0.25) is 0 Å². The van der Waals surface area contributed by atoms with Crippen molar-refractivity contribution in [1.82, 2.24) is 9.80 Å². The Balaban J connectivity index is 1.04. The van der Waals surface area contributed by atoms with E-state index in [9.17, 15) is 18.8 Å². The summed E-state index contributed by atoms with van der Waals surface area (Å²) in [5, 5.41) is 3.23. The molecule has 39 heavy (non-hydrogen) atoms. The Hall–Kier alpha value is -2.98. The molecule has 1 unspecified atom stereocenters. The smallest absolute Gasteiger partial charge is 0.334 e. The van der Waals surface area contributed by atoms with Crippen LogP contribution in [0.3, 0.4) is 0 Å². The molecule has 10 heteroatoms. The third-order valence-electron chi connectivity index (χ3n) is 9.03. The van der Waals surface area contributed by atoms with Gasteiger partial charge in [0.2, 0.25) is 5.91 Å². The summed E-state index contributed by atoms with van der Waals surface area (Å²) in [5.74, 6) is -3.13. The van der Waals surface area contributed by atoms with Crippen LogP contribution in [0.5, 0.6) is 0 Å². The number of esters is 2. The molecule has 4 aliphatic rings. The minimum atomic E-state index is -1.58. The fraction of sp³-hybridized carbons (Fsp3) is 0.552. The third-order valence-corrected chi connectivity index (χ3v) is 9.96. The van der Waals surface area contributed by atoms with Crippen LogP contribution in [0, 0.1) is 11.2 Å². The van der Waals surface area contributed by atoms with Crippen molar-refractivity contribution in [3.8, 4) is 0 Å². The van der Waals surface area contributed by atoms with Gasteiger partial charge in [-0.2, -0.15) is 0 Å². The van der Waals surface area contributed by atoms with Crippen LogP contribution in [0.4, 0.5) is 10.1 Å². The van der Waals surface area contributed by atoms with E-state index < -0.39 is 29.2 Å². The van der Waals surface area contributed by atoms with Crippen molar-refractivity contribution in [2.75, 3.05) is 44.2 Å². The molecule has 2 saturated heterocycles. The SMILES string of the molecule is CC1N(CCCCN2CCN(c3csc4cc(F)ccc34)CC2)C(=O)C2(CCCC2)C12OC(=O)C=CC(=O)O2. The number of fused-ring (bicyclic) bond motifs is 2. The molecule has 1 aromatic heterocycles. The van der Waals surface area contributed by atoms with E-state index in [1.54, 1.807) is 22.3 Å². The van der Waals surface area contributed by atoms with Gasteiger partial charge in [-0.05, 0) is 57.4 Å². The second-order valence-corrected chi connectivity index (χ2v) is 12.0. The summed E-state index contributed by atoms with van der Waals surface area (Å²) in [4.78, 5) is 45.2. The standard InChI is InChI=1S/C29H34FN3O5S/c1-20-29(37-25(34)8-9-26(35)38-29)28(10-2-3-11-28)27(36)33(20)13-5-4-12-31-14-16-32(17-15-31)23-19-39-24-18-21(30)6-7-22(23)24/h6-9,18-20H,2-5,10-17H2,1H3. The Morgan fingerprint density at radius 3 is 2.33 bits per heavy atom. The number of carbonyl (C=O) groups excluding carboxylic acids is 3. The zero-order valence-corrected chi connectivity index (χ0v) is 23.0. The fourth-order valence-electron chi connectivity index (χ4n) is 6.99. The van der Waals surface area contributed by atoms with Gasteiger partial charge in [-0.15, -0.1) is 11.3 Å². The molecule has 0 bridgehead atoms. The Bertz CT molecular complexity index is 1290. The number of rotatable bonds is 6. The minimum absolute atomic E-state index is 0.0634. The van der Waals surface area contributed by atoms with Gasteiger partial charge in [0.15, 0.2) is 0 Å². The van der Waals surface area contributed by atoms with E-state index in [0.717, 1.165) is 80.6 Å². The molecule has 1 atom stereocenters. The Kier molecular flexibility index (Phi) is 6.87. The summed E-state index contributed by atoms with van der Waals surface area (Å²) in [6.45, 7) is 7.03. The van der Waals surface area contributed by atoms with E-state index in [2.05, 4.69) is 15.2 Å². The van der Waals surface area contributed by atoms with Gasteiger partial charge in [-0.3, -0.25) is 9.69 Å². The normalized spacial score (nSPS) is 24.7. The van der Waals surface area contributed by atoms with Crippen LogP contribution in [0.15, 0.2) is 35.7 Å². The number of amides is 1. The summed E-state index contributed by atoms with van der Waals surface area (Å²) >= 11 is 1.58. The number of ether oxygens (including phenoxy) is 2. The predicted octanol–water partition coefficient (Wildman–Crippen LogP) is 4.09. The lowest BCUT2D eigenvalue weighted by molar-refractivity contribution is -0.259. The van der Waals surface area contributed by atoms with Crippen LogP contribution in [0.1, 0.15) is 45.4 Å². The third kappa shape index (κ3) is 4.41. The van der Waals surface area contributed by atoms with Crippen LogP contribution >= 0.6 is 11.3 Å². The predicted molar refractivity (Wildman–Crippen MR) is 146 cm³/mol. The van der Waals surface area contributed by atoms with E-state index in [-0.39, 0.29) is 11.7 Å². The summed E-state index contributed by atoms with van der Waals surface area (Å²) in [7, 11) is 0. The second-order valence-electron chi connectivity index (χ2n) is 11.1. The van der Waals surface area contributed by atoms with Crippen LogP contribution < -0.4 is 4.90 Å². The van der Waals surface area contributed by atoms with Crippen molar-refractivity contribution >= 4 is 45.0 Å². The van der Waals surface area contributed by atoms with E-state index in [1.807, 2.05) is 13.0 Å². The molecule has 1 amide bonds. The average Bonchev–Trinajstić information content (AvgIpc) is 3.59. The second kappa shape index (κ2) is 10.2. The number of hydrogen-bond acceptors (Lipinski definition) is 8. The topological polar surface area (TPSA) is 79.4 Å². The molecule has 0 radical (unpaired) electrons. The Morgan fingerprint density at radius 1 is 0.974 bits per heavy atom. The molecule has 0 N–H and O–H groups in total. The summed E-state index contributed by atoms with van der Waals surface area (Å²) in [5.41, 5.74) is 0.179. The van der Waals surface area contributed by atoms with Crippen molar-refractivity contribution in [2.24, 2.45) is 5.41 Å². The van der Waals surface area contributed by atoms with Crippen LogP contribution in [0.25, 0.3) is 10.1 Å². The number of likely N-dealkylation sites (tertiary alicyclic amines) is 1. The molecule has 6 rings (SSSR count). The number of piperazine rings is 1. The number of anilines is 1. The first-order valence-electron chi connectivity index (χ1n) is 13.9. The van der Waals surface area contributed by atoms with E-state index in [4.69, 9.17) is 9.47 Å². The molecule has 3 fully saturated rings. The molecule has 4 heterocycles. The van der Waals surface area contributed by atoms with Crippen molar-refractivity contribution < 1.29 is 28.2 Å². The largest absolute Gasteiger partial charge is 0.416 e. The zero-order valence-electron chi connectivity index (χ0n) is 22.2. The van der Waals surface area contributed by atoms with Gasteiger partial charge >= 0.3 is 11.9 Å². The molecule has 208 valence electrons. The van der Waals surface area contributed by atoms with Gasteiger partial charge in [0.1, 0.15) is 17.3 Å². The first kappa shape index (κ1) is 26.3. The van der Waals surface area contributed by atoms with E-state index in [0.29, 0.717) is 19.4 Å². The highest BCUT2D eigenvalue weighted by molar-refractivity contribution is 7.17. The number of hydrogen-bond donors (Lipinski definition) is 0. The highest BCUT2D eigenvalue weighted by atomic mass is 32.1. The van der Waals surface area contributed by atoms with Crippen molar-refractivity contribution in [1.29, 1.82) is 0 Å². The van der Waals surface area contributed by atoms with Gasteiger partial charge in [-0.1, -0.05) is 12.8 Å². The number of unbranched alkanes of at least 4 members (excludes halogenated alkanes) is 1. The highest BCUT2D eigenvalue weighted by Gasteiger charge is 2.73. The monoisotopic (exact) mass is 555 g/mol. The van der Waals surface area contributed by atoms with E-state index in [1.165, 1.54) is 11.8 Å². The van der Waals surface area contributed by atoms with Gasteiger partial charge in [-0.25, -0.2) is 14.0 Å². The zero-order chi connectivity index (χ0) is 27.2. The van der Waals surface area contributed by atoms with Crippen molar-refractivity contribution in [2.45, 2.75) is 57.3 Å². The first-order valence-corrected chi connectivity index (χ1v) is 14.8. The average molecular weight is 556 g/mol. The number of carbonyl (C=O) groups is 3. The quantitative estimate of drug-likeness (QED) is 0.393. The molecule has 1 aliphatic carbocycles. The molecule has 1 saturated carbocycles. The first-order chi connectivity index (χ1) is 18.8. The summed E-state index contributed by atoms with van der Waals surface area (Å²) in [6.07, 6.45) is 6.67. The van der Waals surface area contributed by atoms with Gasteiger partial charge < -0.3 is 19.3 Å². The minimum Gasteiger partial charge on any atom is -0.416 e. The summed E-state index contributed by atoms with van der Waals surface area (Å²) < 4.78 is 26.1. The lowest BCUT2D eigenvalue weighted by Crippen LogP contribution is -2.56. The van der Waals surface area contributed by atoms with Gasteiger partial charge in [0, 0.05) is 60.3 Å². The Morgan fingerprint density at radius 2 is 1.64 bits per heavy atom. The molecule has 3 aliphatic heterocycles. The van der Waals surface area contributed by atoms with Crippen molar-refractivity contribution in [3.05, 3.63) is 41.5 Å². The maximum atomic E-state index is 13.8. The van der Waals surface area contributed by atoms with Crippen molar-refractivity contribution in [3.63, 3.8) is 0 Å². The number of thiophene rings is 1. The van der Waals surface area contributed by atoms with Crippen LogP contribution in [-0.4, -0.2) is 78.7 Å². The lowest BCUT2D eigenvalue weighted by Gasteiger charge is -2.40. The van der Waals surface area contributed by atoms with Crippen LogP contribution in [-0.2, 0) is 23.9 Å². The van der Waals surface area contributed by atoms with Gasteiger partial charge in [0.05, 0.1) is 5.69 Å². The maximum Gasteiger partial charge on any atom is 0.334 e. The van der Waals surface area contributed by atoms with Gasteiger partial charge in [0.25, 0.3) is 5.79 Å². The summed E-state index contributed by atoms with van der Waals surface area (Å²) in [6, 6.07) is 4.45. The molecular formula is C29H34FN3O5S. The Labute approximate surface area is 231 Å². The number of benzene rings is 1. The molecule has 1 aromatic carbocycles. The number of halogens is 1.